The Balaban J connectivity index is 2.61. The van der Waals surface area contributed by atoms with Crippen LogP contribution in [0.1, 0.15) is 25.8 Å². The highest BCUT2D eigenvalue weighted by molar-refractivity contribution is 6.16. The topological polar surface area (TPSA) is 34.1 Å². The summed E-state index contributed by atoms with van der Waals surface area (Å²) in [5.74, 6) is -0.177. The summed E-state index contributed by atoms with van der Waals surface area (Å²) in [5.41, 5.74) is 0.744. The molecule has 0 heterocycles. The van der Waals surface area contributed by atoms with Gasteiger partial charge in [-0.25, -0.2) is 0 Å². The normalized spacial score (nSPS) is 17.1. The van der Waals surface area contributed by atoms with Crippen LogP contribution in [0.3, 0.4) is 0 Å². The summed E-state index contributed by atoms with van der Waals surface area (Å²) >= 11 is 0. The Kier molecular flexibility index (Phi) is 3.28. The fourth-order valence-electron chi connectivity index (χ4n) is 2.54. The molecule has 18 heavy (non-hydrogen) atoms. The fraction of sp³-hybridized carbons (Fsp3) is 0.250. The smallest absolute Gasteiger partial charge is 0.148 e. The predicted octanol–water partition coefficient (Wildman–Crippen LogP) is 3.19. The van der Waals surface area contributed by atoms with E-state index in [2.05, 4.69) is 0 Å². The van der Waals surface area contributed by atoms with E-state index in [-0.39, 0.29) is 11.6 Å². The third kappa shape index (κ3) is 1.84. The van der Waals surface area contributed by atoms with Crippen LogP contribution in [0.4, 0.5) is 0 Å². The molecule has 1 aromatic rings. The number of hydrogen-bond acceptors (Lipinski definition) is 2. The molecule has 92 valence electrons. The van der Waals surface area contributed by atoms with Crippen molar-refractivity contribution >= 4 is 17.1 Å². The van der Waals surface area contributed by atoms with Crippen LogP contribution in [0.15, 0.2) is 48.6 Å². The summed E-state index contributed by atoms with van der Waals surface area (Å²) in [6, 6.07) is 9.63. The summed E-state index contributed by atoms with van der Waals surface area (Å²) in [6.45, 7) is 2.99. The molecular formula is C16H16O2. The molecule has 2 nitrogen and oxygen atoms in total. The first-order chi connectivity index (χ1) is 8.59. The van der Waals surface area contributed by atoms with Crippen molar-refractivity contribution in [2.45, 2.75) is 20.3 Å². The molecule has 2 rings (SSSR count). The van der Waals surface area contributed by atoms with Gasteiger partial charge in [0.25, 0.3) is 0 Å². The number of benzene rings is 1. The van der Waals surface area contributed by atoms with Gasteiger partial charge in [0, 0.05) is 0 Å². The zero-order valence-electron chi connectivity index (χ0n) is 10.6. The fourth-order valence-corrected chi connectivity index (χ4v) is 2.54. The van der Waals surface area contributed by atoms with Gasteiger partial charge in [-0.2, -0.15) is 0 Å². The summed E-state index contributed by atoms with van der Waals surface area (Å²) in [6.07, 6.45) is 6.13. The van der Waals surface area contributed by atoms with Gasteiger partial charge in [-0.1, -0.05) is 48.6 Å². The van der Waals surface area contributed by atoms with Crippen LogP contribution >= 0.6 is 0 Å². The minimum atomic E-state index is -1.00. The van der Waals surface area contributed by atoms with Gasteiger partial charge in [-0.15, -0.1) is 0 Å². The van der Waals surface area contributed by atoms with Crippen molar-refractivity contribution in [2.24, 2.45) is 5.41 Å². The summed E-state index contributed by atoms with van der Waals surface area (Å²) < 4.78 is 0. The van der Waals surface area contributed by atoms with Crippen LogP contribution in [-0.2, 0) is 9.59 Å². The van der Waals surface area contributed by atoms with Crippen molar-refractivity contribution in [1.82, 2.24) is 0 Å². The van der Waals surface area contributed by atoms with Crippen LogP contribution in [0, 0.1) is 5.41 Å². The lowest BCUT2D eigenvalue weighted by Gasteiger charge is -2.32. The number of rotatable bonds is 3. The lowest BCUT2D eigenvalue weighted by molar-refractivity contribution is -0.134. The number of carbonyl (C=O) groups excluding carboxylic acids is 2. The highest BCUT2D eigenvalue weighted by Crippen LogP contribution is 2.42. The Hall–Kier alpha value is -1.96. The number of carbonyl (C=O) groups is 2. The molecule has 0 unspecified atom stereocenters. The van der Waals surface area contributed by atoms with E-state index in [0.717, 1.165) is 11.1 Å². The second-order valence-corrected chi connectivity index (χ2v) is 4.60. The first-order valence-corrected chi connectivity index (χ1v) is 6.04. The third-order valence-corrected chi connectivity index (χ3v) is 3.57. The molecular weight excluding hydrogens is 224 g/mol. The van der Waals surface area contributed by atoms with Crippen LogP contribution in [0.5, 0.6) is 0 Å². The summed E-state index contributed by atoms with van der Waals surface area (Å²) in [7, 11) is 0. The SMILES string of the molecule is CC(=O)C1(C(C)=O)CC=CC=C1c1ccccc1. The molecule has 0 saturated heterocycles. The van der Waals surface area contributed by atoms with E-state index in [0.29, 0.717) is 6.42 Å². The highest BCUT2D eigenvalue weighted by Gasteiger charge is 2.44. The van der Waals surface area contributed by atoms with Crippen LogP contribution in [0.2, 0.25) is 0 Å². The summed E-state index contributed by atoms with van der Waals surface area (Å²) in [4.78, 5) is 24.1. The zero-order valence-corrected chi connectivity index (χ0v) is 10.6. The molecule has 1 aromatic carbocycles. The molecule has 0 bridgehead atoms. The van der Waals surface area contributed by atoms with Crippen molar-refractivity contribution in [3.63, 3.8) is 0 Å². The van der Waals surface area contributed by atoms with Gasteiger partial charge >= 0.3 is 0 Å². The van der Waals surface area contributed by atoms with Gasteiger partial charge in [-0.3, -0.25) is 9.59 Å². The molecule has 0 saturated carbocycles. The molecule has 1 aliphatic rings. The van der Waals surface area contributed by atoms with Crippen LogP contribution in [0.25, 0.3) is 5.57 Å². The van der Waals surface area contributed by atoms with E-state index in [9.17, 15) is 9.59 Å². The monoisotopic (exact) mass is 240 g/mol. The van der Waals surface area contributed by atoms with Crippen molar-refractivity contribution in [1.29, 1.82) is 0 Å². The molecule has 0 fully saturated rings. The minimum absolute atomic E-state index is 0.0885. The first kappa shape index (κ1) is 12.5. The Morgan fingerprint density at radius 2 is 1.67 bits per heavy atom. The number of hydrogen-bond donors (Lipinski definition) is 0. The molecule has 0 aliphatic heterocycles. The van der Waals surface area contributed by atoms with Crippen molar-refractivity contribution in [2.75, 3.05) is 0 Å². The van der Waals surface area contributed by atoms with Crippen molar-refractivity contribution in [3.8, 4) is 0 Å². The molecule has 0 radical (unpaired) electrons. The van der Waals surface area contributed by atoms with Gasteiger partial charge in [0.2, 0.25) is 0 Å². The predicted molar refractivity (Wildman–Crippen MR) is 72.0 cm³/mol. The minimum Gasteiger partial charge on any atom is -0.299 e. The summed E-state index contributed by atoms with van der Waals surface area (Å²) in [5, 5.41) is 0. The lowest BCUT2D eigenvalue weighted by atomic mass is 9.67. The average molecular weight is 240 g/mol. The van der Waals surface area contributed by atoms with E-state index in [1.54, 1.807) is 0 Å². The van der Waals surface area contributed by atoms with Gasteiger partial charge in [0.15, 0.2) is 0 Å². The Morgan fingerprint density at radius 3 is 2.22 bits per heavy atom. The van der Waals surface area contributed by atoms with Gasteiger partial charge < -0.3 is 0 Å². The maximum atomic E-state index is 12.1. The zero-order chi connectivity index (χ0) is 13.2. The Bertz CT molecular complexity index is 521. The van der Waals surface area contributed by atoms with Gasteiger partial charge in [0.1, 0.15) is 17.0 Å². The van der Waals surface area contributed by atoms with Crippen LogP contribution < -0.4 is 0 Å². The molecule has 0 N–H and O–H groups in total. The van der Waals surface area contributed by atoms with Gasteiger partial charge in [0.05, 0.1) is 0 Å². The lowest BCUT2D eigenvalue weighted by Crippen LogP contribution is -2.38. The highest BCUT2D eigenvalue weighted by atomic mass is 16.2. The number of Topliss-reactive ketones (excluding diaryl/α,β-unsaturated/α-hetero) is 2. The van der Waals surface area contributed by atoms with E-state index in [4.69, 9.17) is 0 Å². The quantitative estimate of drug-likeness (QED) is 0.760. The largest absolute Gasteiger partial charge is 0.299 e. The molecule has 0 amide bonds. The Morgan fingerprint density at radius 1 is 1.06 bits per heavy atom. The van der Waals surface area contributed by atoms with Crippen molar-refractivity contribution < 1.29 is 9.59 Å². The van der Waals surface area contributed by atoms with E-state index >= 15 is 0 Å². The Labute approximate surface area is 107 Å². The first-order valence-electron chi connectivity index (χ1n) is 6.04. The van der Waals surface area contributed by atoms with E-state index in [1.807, 2.05) is 48.6 Å². The second-order valence-electron chi connectivity index (χ2n) is 4.60. The molecule has 0 aromatic heterocycles. The molecule has 0 atom stereocenters. The maximum absolute atomic E-state index is 12.1. The second kappa shape index (κ2) is 4.73. The van der Waals surface area contributed by atoms with E-state index in [1.165, 1.54) is 13.8 Å². The third-order valence-electron chi connectivity index (χ3n) is 3.57. The van der Waals surface area contributed by atoms with Crippen LogP contribution in [-0.4, -0.2) is 11.6 Å². The maximum Gasteiger partial charge on any atom is 0.148 e. The molecule has 0 spiro atoms. The number of allylic oxidation sites excluding steroid dienone is 4. The molecule has 2 heteroatoms. The number of ketones is 2. The van der Waals surface area contributed by atoms with Crippen molar-refractivity contribution in [3.05, 3.63) is 54.1 Å². The van der Waals surface area contributed by atoms with E-state index < -0.39 is 5.41 Å². The van der Waals surface area contributed by atoms with Gasteiger partial charge in [-0.05, 0) is 31.4 Å². The molecule has 1 aliphatic carbocycles. The standard InChI is InChI=1S/C16H16O2/c1-12(17)16(13(2)18)11-7-6-10-15(16)14-8-4-3-5-9-14/h3-10H,11H2,1-2H3. The average Bonchev–Trinajstić information content (AvgIpc) is 2.39.